The molecule has 0 aliphatic carbocycles. The summed E-state index contributed by atoms with van der Waals surface area (Å²) < 4.78 is 20.6. The van der Waals surface area contributed by atoms with Crippen LogP contribution < -0.4 is 21.1 Å². The number of nitrogens with zero attached hydrogens (tertiary/aromatic N) is 2. The van der Waals surface area contributed by atoms with Gasteiger partial charge in [0.05, 0.1) is 4.90 Å². The highest BCUT2D eigenvalue weighted by molar-refractivity contribution is 7.82. The van der Waals surface area contributed by atoms with E-state index in [9.17, 15) is 18.9 Å². The molecule has 2 aromatic carbocycles. The van der Waals surface area contributed by atoms with Crippen LogP contribution in [0.5, 0.6) is 5.75 Å². The zero-order chi connectivity index (χ0) is 27.9. The van der Waals surface area contributed by atoms with E-state index in [1.54, 1.807) is 24.3 Å². The molecule has 0 saturated carbocycles. The monoisotopic (exact) mass is 597 g/mol. The fourth-order valence-corrected chi connectivity index (χ4v) is 6.80. The molecule has 2 saturated heterocycles. The highest BCUT2D eigenvalue weighted by Crippen LogP contribution is 2.27. The highest BCUT2D eigenvalue weighted by Gasteiger charge is 2.40. The third kappa shape index (κ3) is 8.37. The van der Waals surface area contributed by atoms with Crippen molar-refractivity contribution >= 4 is 46.1 Å². The van der Waals surface area contributed by atoms with Crippen LogP contribution in [0, 0.1) is 0 Å². The van der Waals surface area contributed by atoms with Gasteiger partial charge < -0.3 is 26.2 Å². The van der Waals surface area contributed by atoms with Crippen molar-refractivity contribution in [3.63, 3.8) is 0 Å². The lowest BCUT2D eigenvalue weighted by atomic mass is 10.0. The van der Waals surface area contributed by atoms with Gasteiger partial charge in [-0.1, -0.05) is 35.3 Å². The number of piperazine rings is 1. The van der Waals surface area contributed by atoms with Crippen LogP contribution in [0.4, 0.5) is 0 Å². The second-order valence-electron chi connectivity index (χ2n) is 9.65. The number of carboxylic acid groups (broad SMARTS) is 1. The molecule has 10 nitrogen and oxygen atoms in total. The molecule has 212 valence electrons. The molecule has 0 spiro atoms. The zero-order valence-corrected chi connectivity index (χ0v) is 23.7. The van der Waals surface area contributed by atoms with E-state index < -0.39 is 41.0 Å². The van der Waals surface area contributed by atoms with Crippen molar-refractivity contribution < 1.29 is 23.6 Å². The van der Waals surface area contributed by atoms with Crippen molar-refractivity contribution in [2.75, 3.05) is 45.9 Å². The molecule has 13 heteroatoms. The van der Waals surface area contributed by atoms with E-state index in [4.69, 9.17) is 33.7 Å². The summed E-state index contributed by atoms with van der Waals surface area (Å²) >= 11 is 12.1. The summed E-state index contributed by atoms with van der Waals surface area (Å²) in [5.74, 6) is -1.02. The number of carboxylic acids is 1. The van der Waals surface area contributed by atoms with Gasteiger partial charge in [0.15, 0.2) is 0 Å². The Labute approximate surface area is 240 Å². The number of nitrogens with one attached hydrogen (secondary N) is 2. The Balaban J connectivity index is 1.35. The van der Waals surface area contributed by atoms with Crippen molar-refractivity contribution in [2.24, 2.45) is 5.73 Å². The maximum Gasteiger partial charge on any atom is 0.326 e. The molecule has 4 rings (SSSR count). The molecule has 3 unspecified atom stereocenters. The zero-order valence-electron chi connectivity index (χ0n) is 21.4. The Morgan fingerprint density at radius 3 is 2.46 bits per heavy atom. The number of hydrogen-bond acceptors (Lipinski definition) is 7. The van der Waals surface area contributed by atoms with Crippen molar-refractivity contribution in [2.45, 2.75) is 35.9 Å². The maximum absolute atomic E-state index is 13.3. The van der Waals surface area contributed by atoms with E-state index in [2.05, 4.69) is 15.5 Å². The third-order valence-corrected chi connectivity index (χ3v) is 8.61. The van der Waals surface area contributed by atoms with Crippen LogP contribution in [0.1, 0.15) is 12.0 Å². The van der Waals surface area contributed by atoms with Gasteiger partial charge in [0.2, 0.25) is 5.91 Å². The number of nitrogens with two attached hydrogens (primary N) is 1. The lowest BCUT2D eigenvalue weighted by molar-refractivity contribution is -0.142. The Kier molecular flexibility index (Phi) is 10.6. The van der Waals surface area contributed by atoms with Gasteiger partial charge in [0, 0.05) is 61.8 Å². The molecule has 2 heterocycles. The van der Waals surface area contributed by atoms with Gasteiger partial charge in [0.1, 0.15) is 35.4 Å². The molecule has 2 fully saturated rings. The molecule has 2 aliphatic rings. The smallest absolute Gasteiger partial charge is 0.326 e. The Morgan fingerprint density at radius 2 is 1.82 bits per heavy atom. The molecule has 0 bridgehead atoms. The van der Waals surface area contributed by atoms with Crippen LogP contribution in [0.2, 0.25) is 10.0 Å². The van der Waals surface area contributed by atoms with Crippen molar-refractivity contribution in [3.8, 4) is 5.75 Å². The second kappa shape index (κ2) is 13.9. The van der Waals surface area contributed by atoms with E-state index in [0.29, 0.717) is 27.3 Å². The van der Waals surface area contributed by atoms with Gasteiger partial charge in [-0.2, -0.15) is 0 Å². The summed E-state index contributed by atoms with van der Waals surface area (Å²) in [5.41, 5.74) is 6.82. The first-order valence-electron chi connectivity index (χ1n) is 12.8. The number of rotatable bonds is 11. The minimum absolute atomic E-state index is 0.0773. The second-order valence-corrected chi connectivity index (χ2v) is 12.0. The first-order valence-corrected chi connectivity index (χ1v) is 14.6. The SMILES string of the molecule is NC1CC(C(=O)N[C@@H](Cc2ccc(OCCN3CCNCC3)cc2)C(=O)O)N(S(=O)c2cc(Cl)cc(Cl)c2)C1. The third-order valence-electron chi connectivity index (χ3n) is 6.71. The van der Waals surface area contributed by atoms with E-state index in [1.165, 1.54) is 22.5 Å². The molecule has 1 amide bonds. The first kappa shape index (κ1) is 29.7. The Bertz CT molecular complexity index is 1160. The number of carbonyl (C=O) groups excluding carboxylic acids is 1. The van der Waals surface area contributed by atoms with Crippen LogP contribution in [0.3, 0.4) is 0 Å². The topological polar surface area (TPSA) is 137 Å². The molecule has 5 N–H and O–H groups in total. The summed E-state index contributed by atoms with van der Waals surface area (Å²) in [6, 6.07) is 9.28. The minimum Gasteiger partial charge on any atom is -0.492 e. The first-order chi connectivity index (χ1) is 18.7. The van der Waals surface area contributed by atoms with Gasteiger partial charge in [-0.3, -0.25) is 9.69 Å². The summed E-state index contributed by atoms with van der Waals surface area (Å²) in [4.78, 5) is 27.9. The van der Waals surface area contributed by atoms with Gasteiger partial charge >= 0.3 is 5.97 Å². The van der Waals surface area contributed by atoms with Crippen LogP contribution >= 0.6 is 23.2 Å². The van der Waals surface area contributed by atoms with Crippen LogP contribution in [-0.2, 0) is 27.0 Å². The van der Waals surface area contributed by atoms with Crippen molar-refractivity contribution in [3.05, 3.63) is 58.1 Å². The average molecular weight is 599 g/mol. The van der Waals surface area contributed by atoms with Gasteiger partial charge in [-0.05, 0) is 42.3 Å². The van der Waals surface area contributed by atoms with Gasteiger partial charge in [-0.15, -0.1) is 0 Å². The number of benzene rings is 2. The molecule has 4 atom stereocenters. The van der Waals surface area contributed by atoms with Crippen LogP contribution in [0.15, 0.2) is 47.4 Å². The number of carbonyl (C=O) groups is 2. The van der Waals surface area contributed by atoms with Crippen LogP contribution in [-0.4, -0.2) is 94.4 Å². The lowest BCUT2D eigenvalue weighted by Gasteiger charge is -2.26. The van der Waals surface area contributed by atoms with Crippen molar-refractivity contribution in [1.82, 2.24) is 19.8 Å². The predicted molar refractivity (Wildman–Crippen MR) is 150 cm³/mol. The minimum atomic E-state index is -1.77. The molecule has 2 aliphatic heterocycles. The van der Waals surface area contributed by atoms with E-state index in [1.807, 2.05) is 0 Å². The summed E-state index contributed by atoms with van der Waals surface area (Å²) in [6.45, 7) is 5.57. The molecule has 0 aromatic heterocycles. The number of amides is 1. The fourth-order valence-electron chi connectivity index (χ4n) is 4.68. The number of hydrogen-bond donors (Lipinski definition) is 4. The molecule has 2 aromatic rings. The number of ether oxygens (including phenoxy) is 1. The molecular weight excluding hydrogens is 565 g/mol. The van der Waals surface area contributed by atoms with Crippen LogP contribution in [0.25, 0.3) is 0 Å². The van der Waals surface area contributed by atoms with Crippen molar-refractivity contribution in [1.29, 1.82) is 0 Å². The maximum atomic E-state index is 13.3. The fraction of sp³-hybridized carbons (Fsp3) is 0.462. The normalized spacial score (nSPS) is 21.8. The lowest BCUT2D eigenvalue weighted by Crippen LogP contribution is -2.50. The molecule has 39 heavy (non-hydrogen) atoms. The molecule has 0 radical (unpaired) electrons. The summed E-state index contributed by atoms with van der Waals surface area (Å²) in [5, 5.41) is 16.4. The predicted octanol–water partition coefficient (Wildman–Crippen LogP) is 1.51. The summed E-state index contributed by atoms with van der Waals surface area (Å²) in [7, 11) is -1.77. The van der Waals surface area contributed by atoms with E-state index in [0.717, 1.165) is 38.3 Å². The largest absolute Gasteiger partial charge is 0.492 e. The van der Waals surface area contributed by atoms with E-state index >= 15 is 0 Å². The number of halogens is 2. The standard InChI is InChI=1S/C26H33Cl2N5O5S/c27-18-12-19(28)14-22(13-18)39(37)33-16-20(29)15-24(33)25(34)31-23(26(35)36)11-17-1-3-21(4-2-17)38-10-9-32-7-5-30-6-8-32/h1-4,12-14,20,23-24,30H,5-11,15-16,29H2,(H,31,34)(H,35,36)/t20?,23-,24?,39?/m0/s1. The Hall–Kier alpha value is -2.25. The Morgan fingerprint density at radius 1 is 1.15 bits per heavy atom. The quantitative estimate of drug-likeness (QED) is 0.306. The summed E-state index contributed by atoms with van der Waals surface area (Å²) in [6.07, 6.45) is 0.312. The highest BCUT2D eigenvalue weighted by atomic mass is 35.5. The van der Waals surface area contributed by atoms with Gasteiger partial charge in [0.25, 0.3) is 0 Å². The number of aliphatic carboxylic acids is 1. The van der Waals surface area contributed by atoms with Gasteiger partial charge in [-0.25, -0.2) is 13.3 Å². The molecular formula is C26H33Cl2N5O5S. The average Bonchev–Trinajstić information content (AvgIpc) is 3.30. The van der Waals surface area contributed by atoms with E-state index in [-0.39, 0.29) is 19.4 Å².